The van der Waals surface area contributed by atoms with E-state index in [-0.39, 0.29) is 0 Å². The Morgan fingerprint density at radius 3 is 1.96 bits per heavy atom. The van der Waals surface area contributed by atoms with Crippen LogP contribution in [0.25, 0.3) is 28.2 Å². The van der Waals surface area contributed by atoms with Crippen LogP contribution in [-0.4, -0.2) is 20.2 Å². The fourth-order valence-electron chi connectivity index (χ4n) is 3.18. The number of para-hydroxylation sites is 1. The molecule has 4 aromatic rings. The molecule has 0 aliphatic heterocycles. The highest BCUT2D eigenvalue weighted by atomic mass is 32.2. The van der Waals surface area contributed by atoms with Gasteiger partial charge in [0, 0.05) is 17.4 Å². The second kappa shape index (κ2) is 7.33. The summed E-state index contributed by atoms with van der Waals surface area (Å²) in [5.74, 6) is 0. The van der Waals surface area contributed by atoms with Gasteiger partial charge in [0.2, 0.25) is 0 Å². The van der Waals surface area contributed by atoms with E-state index in [1.54, 1.807) is 6.26 Å². The van der Waals surface area contributed by atoms with E-state index < -0.39 is 10.8 Å². The van der Waals surface area contributed by atoms with E-state index in [2.05, 4.69) is 31.2 Å². The van der Waals surface area contributed by atoms with Gasteiger partial charge in [-0.15, -0.1) is 0 Å². The van der Waals surface area contributed by atoms with Crippen LogP contribution in [0.2, 0.25) is 0 Å². The van der Waals surface area contributed by atoms with Gasteiger partial charge < -0.3 is 0 Å². The molecule has 0 radical (unpaired) electrons. The van der Waals surface area contributed by atoms with Gasteiger partial charge >= 0.3 is 0 Å². The minimum atomic E-state index is -1.19. The zero-order valence-corrected chi connectivity index (χ0v) is 16.1. The van der Waals surface area contributed by atoms with Crippen LogP contribution in [0.1, 0.15) is 5.56 Å². The molecule has 0 spiro atoms. The van der Waals surface area contributed by atoms with Crippen molar-refractivity contribution in [2.45, 2.75) is 11.8 Å². The quantitative estimate of drug-likeness (QED) is 0.490. The first-order valence-electron chi connectivity index (χ1n) is 8.79. The predicted octanol–water partition coefficient (Wildman–Crippen LogP) is 5.25. The van der Waals surface area contributed by atoms with E-state index in [4.69, 9.17) is 5.10 Å². The van der Waals surface area contributed by atoms with Gasteiger partial charge in [-0.05, 0) is 19.1 Å². The Hall–Kier alpha value is -2.98. The molecule has 0 saturated heterocycles. The highest BCUT2D eigenvalue weighted by Gasteiger charge is 2.23. The minimum absolute atomic E-state index is 0.758. The van der Waals surface area contributed by atoms with Crippen LogP contribution in [0.3, 0.4) is 0 Å². The maximum absolute atomic E-state index is 12.8. The second-order valence-corrected chi connectivity index (χ2v) is 7.78. The number of nitrogens with zero attached hydrogens (tertiary/aromatic N) is 2. The average Bonchev–Trinajstić information content (AvgIpc) is 3.11. The lowest BCUT2D eigenvalue weighted by atomic mass is 10.1. The lowest BCUT2D eigenvalue weighted by molar-refractivity contribution is 0.687. The van der Waals surface area contributed by atoms with E-state index in [0.29, 0.717) is 0 Å². The van der Waals surface area contributed by atoms with E-state index in [1.807, 2.05) is 65.3 Å². The maximum Gasteiger partial charge on any atom is 0.110 e. The van der Waals surface area contributed by atoms with Crippen LogP contribution in [-0.2, 0) is 10.8 Å². The maximum atomic E-state index is 12.8. The second-order valence-electron chi connectivity index (χ2n) is 6.46. The summed E-state index contributed by atoms with van der Waals surface area (Å²) in [6.07, 6.45) is 1.72. The molecule has 3 nitrogen and oxygen atoms in total. The summed E-state index contributed by atoms with van der Waals surface area (Å²) in [5.41, 5.74) is 5.74. The van der Waals surface area contributed by atoms with Crippen molar-refractivity contribution < 1.29 is 4.21 Å². The monoisotopic (exact) mass is 372 g/mol. The molecule has 1 atom stereocenters. The molecule has 0 saturated carbocycles. The fourth-order valence-corrected chi connectivity index (χ4v) is 4.09. The lowest BCUT2D eigenvalue weighted by Gasteiger charge is -2.09. The molecule has 4 rings (SSSR count). The molecule has 0 amide bonds. The van der Waals surface area contributed by atoms with Gasteiger partial charge in [-0.3, -0.25) is 4.21 Å². The molecule has 0 N–H and O–H groups in total. The van der Waals surface area contributed by atoms with Crippen LogP contribution in [0.15, 0.2) is 89.8 Å². The smallest absolute Gasteiger partial charge is 0.110 e. The zero-order valence-electron chi connectivity index (χ0n) is 15.3. The SMILES string of the molecule is Cc1ccc(-c2c(S(C)=O)c(-c3ccccc3)nn2-c2ccccc2)cc1. The number of aromatic nitrogens is 2. The molecule has 1 unspecified atom stereocenters. The van der Waals surface area contributed by atoms with Crippen molar-refractivity contribution in [3.05, 3.63) is 90.5 Å². The molecule has 134 valence electrons. The molecular weight excluding hydrogens is 352 g/mol. The van der Waals surface area contributed by atoms with Crippen molar-refractivity contribution in [2.24, 2.45) is 0 Å². The number of benzene rings is 3. The van der Waals surface area contributed by atoms with Crippen LogP contribution in [0.4, 0.5) is 0 Å². The van der Waals surface area contributed by atoms with Gasteiger partial charge in [0.05, 0.1) is 27.1 Å². The molecule has 4 heteroatoms. The summed E-state index contributed by atoms with van der Waals surface area (Å²) in [4.78, 5) is 0.758. The summed E-state index contributed by atoms with van der Waals surface area (Å²) in [7, 11) is -1.19. The molecule has 3 aromatic carbocycles. The molecule has 1 aromatic heterocycles. The Morgan fingerprint density at radius 1 is 0.778 bits per heavy atom. The van der Waals surface area contributed by atoms with Gasteiger partial charge in [0.25, 0.3) is 0 Å². The van der Waals surface area contributed by atoms with E-state index >= 15 is 0 Å². The van der Waals surface area contributed by atoms with Crippen molar-refractivity contribution >= 4 is 10.8 Å². The van der Waals surface area contributed by atoms with Gasteiger partial charge in [-0.2, -0.15) is 5.10 Å². The number of hydrogen-bond donors (Lipinski definition) is 0. The number of hydrogen-bond acceptors (Lipinski definition) is 2. The first-order valence-corrected chi connectivity index (χ1v) is 10.4. The van der Waals surface area contributed by atoms with Crippen molar-refractivity contribution in [2.75, 3.05) is 6.26 Å². The van der Waals surface area contributed by atoms with E-state index in [1.165, 1.54) is 5.56 Å². The molecule has 0 aliphatic carbocycles. The zero-order chi connectivity index (χ0) is 18.8. The third kappa shape index (κ3) is 3.36. The topological polar surface area (TPSA) is 34.9 Å². The van der Waals surface area contributed by atoms with Gasteiger partial charge in [0.15, 0.2) is 0 Å². The van der Waals surface area contributed by atoms with E-state index in [9.17, 15) is 4.21 Å². The summed E-state index contributed by atoms with van der Waals surface area (Å²) in [6, 6.07) is 28.2. The molecule has 0 bridgehead atoms. The molecule has 1 heterocycles. The Labute approximate surface area is 161 Å². The average molecular weight is 372 g/mol. The number of rotatable bonds is 4. The van der Waals surface area contributed by atoms with Crippen LogP contribution in [0, 0.1) is 6.92 Å². The summed E-state index contributed by atoms with van der Waals surface area (Å²) < 4.78 is 14.7. The van der Waals surface area contributed by atoms with Gasteiger partial charge in [-0.1, -0.05) is 78.4 Å². The first-order chi connectivity index (χ1) is 13.1. The predicted molar refractivity (Wildman–Crippen MR) is 112 cm³/mol. The third-order valence-electron chi connectivity index (χ3n) is 4.50. The lowest BCUT2D eigenvalue weighted by Crippen LogP contribution is -2.00. The Balaban J connectivity index is 2.06. The standard InChI is InChI=1S/C23H20N2OS/c1-17-13-15-19(16-14-17)22-23(27(2)26)21(18-9-5-3-6-10-18)24-25(22)20-11-7-4-8-12-20/h3-16H,1-2H3. The normalized spacial score (nSPS) is 12.1. The Kier molecular flexibility index (Phi) is 4.73. The molecular formula is C23H20N2OS. The highest BCUT2D eigenvalue weighted by molar-refractivity contribution is 7.84. The Morgan fingerprint density at radius 2 is 1.37 bits per heavy atom. The molecule has 0 fully saturated rings. The first kappa shape index (κ1) is 17.4. The van der Waals surface area contributed by atoms with Crippen molar-refractivity contribution in [3.8, 4) is 28.2 Å². The minimum Gasteiger partial charge on any atom is -0.254 e. The highest BCUT2D eigenvalue weighted by Crippen LogP contribution is 2.36. The van der Waals surface area contributed by atoms with Crippen LogP contribution < -0.4 is 0 Å². The van der Waals surface area contributed by atoms with Gasteiger partial charge in [-0.25, -0.2) is 4.68 Å². The van der Waals surface area contributed by atoms with Crippen molar-refractivity contribution in [3.63, 3.8) is 0 Å². The van der Waals surface area contributed by atoms with Gasteiger partial charge in [0.1, 0.15) is 5.69 Å². The van der Waals surface area contributed by atoms with Crippen molar-refractivity contribution in [1.29, 1.82) is 0 Å². The summed E-state index contributed by atoms with van der Waals surface area (Å²) in [6.45, 7) is 2.06. The van der Waals surface area contributed by atoms with E-state index in [0.717, 1.165) is 33.1 Å². The fraction of sp³-hybridized carbons (Fsp3) is 0.0870. The summed E-state index contributed by atoms with van der Waals surface area (Å²) >= 11 is 0. The van der Waals surface area contributed by atoms with Crippen LogP contribution >= 0.6 is 0 Å². The van der Waals surface area contributed by atoms with Crippen molar-refractivity contribution in [1.82, 2.24) is 9.78 Å². The number of aryl methyl sites for hydroxylation is 1. The molecule has 27 heavy (non-hydrogen) atoms. The largest absolute Gasteiger partial charge is 0.254 e. The molecule has 0 aliphatic rings. The third-order valence-corrected chi connectivity index (χ3v) is 5.46. The Bertz CT molecular complexity index is 1080. The summed E-state index contributed by atoms with van der Waals surface area (Å²) in [5, 5.41) is 4.89. The van der Waals surface area contributed by atoms with Crippen LogP contribution in [0.5, 0.6) is 0 Å².